The number of alkyl halides is 1. The molecule has 0 aliphatic carbocycles. The number of hydrogen-bond acceptors (Lipinski definition) is 3. The largest absolute Gasteiger partial charge is 0.491 e. The van der Waals surface area contributed by atoms with Gasteiger partial charge in [-0.1, -0.05) is 12.1 Å². The maximum atomic E-state index is 12.1. The summed E-state index contributed by atoms with van der Waals surface area (Å²) in [6.45, 7) is 3.89. The molecule has 0 unspecified atom stereocenters. The van der Waals surface area contributed by atoms with E-state index >= 15 is 0 Å². The van der Waals surface area contributed by atoms with E-state index in [1.54, 1.807) is 14.2 Å². The van der Waals surface area contributed by atoms with Crippen molar-refractivity contribution in [2.24, 2.45) is 4.99 Å². The molecule has 2 N–H and O–H groups in total. The number of aryl methyl sites for hydroxylation is 1. The van der Waals surface area contributed by atoms with Gasteiger partial charge in [0, 0.05) is 32.8 Å². The molecule has 0 saturated heterocycles. The highest BCUT2D eigenvalue weighted by Crippen LogP contribution is 2.20. The topological polar surface area (TPSA) is 54.9 Å². The monoisotopic (exact) mass is 439 g/mol. The molecule has 1 aromatic carbocycles. The van der Waals surface area contributed by atoms with Crippen molar-refractivity contribution < 1.29 is 13.9 Å². The lowest BCUT2D eigenvalue weighted by molar-refractivity contribution is 0.145. The average Bonchev–Trinajstić information content (AvgIpc) is 2.52. The molecule has 7 heteroatoms. The van der Waals surface area contributed by atoms with Crippen molar-refractivity contribution in [2.75, 3.05) is 40.6 Å². The Morgan fingerprint density at radius 3 is 2.70 bits per heavy atom. The van der Waals surface area contributed by atoms with Crippen LogP contribution in [0.2, 0.25) is 0 Å². The van der Waals surface area contributed by atoms with Crippen LogP contribution in [0.3, 0.4) is 0 Å². The highest BCUT2D eigenvalue weighted by Gasteiger charge is 2.06. The van der Waals surface area contributed by atoms with Crippen molar-refractivity contribution in [1.82, 2.24) is 10.6 Å². The predicted octanol–water partition coefficient (Wildman–Crippen LogP) is 2.66. The third-order valence-electron chi connectivity index (χ3n) is 3.04. The molecule has 0 spiro atoms. The molecule has 0 saturated carbocycles. The van der Waals surface area contributed by atoms with Gasteiger partial charge in [-0.15, -0.1) is 24.0 Å². The first-order valence-electron chi connectivity index (χ1n) is 7.43. The normalized spacial score (nSPS) is 10.9. The number of benzene rings is 1. The summed E-state index contributed by atoms with van der Waals surface area (Å²) in [6.07, 6.45) is 0.469. The van der Waals surface area contributed by atoms with Crippen molar-refractivity contribution in [2.45, 2.75) is 19.9 Å². The molecule has 0 heterocycles. The molecular formula is C16H27FIN3O2. The number of rotatable bonds is 9. The van der Waals surface area contributed by atoms with Gasteiger partial charge in [0.05, 0.1) is 13.3 Å². The summed E-state index contributed by atoms with van der Waals surface area (Å²) in [5.41, 5.74) is 2.18. The maximum Gasteiger partial charge on any atom is 0.191 e. The summed E-state index contributed by atoms with van der Waals surface area (Å²) >= 11 is 0. The van der Waals surface area contributed by atoms with E-state index in [-0.39, 0.29) is 30.7 Å². The van der Waals surface area contributed by atoms with Gasteiger partial charge in [-0.3, -0.25) is 9.38 Å². The maximum absolute atomic E-state index is 12.1. The summed E-state index contributed by atoms with van der Waals surface area (Å²) in [7, 11) is 3.34. The van der Waals surface area contributed by atoms with Crippen LogP contribution in [0.15, 0.2) is 23.2 Å². The number of hydrogen-bond donors (Lipinski definition) is 2. The molecule has 132 valence electrons. The fourth-order valence-electron chi connectivity index (χ4n) is 1.85. The van der Waals surface area contributed by atoms with Crippen LogP contribution in [0.5, 0.6) is 5.75 Å². The smallest absolute Gasteiger partial charge is 0.191 e. The molecule has 0 fully saturated rings. The zero-order valence-electron chi connectivity index (χ0n) is 14.0. The minimum absolute atomic E-state index is 0. The summed E-state index contributed by atoms with van der Waals surface area (Å²) < 4.78 is 22.9. The minimum atomic E-state index is -0.334. The first-order valence-corrected chi connectivity index (χ1v) is 7.43. The van der Waals surface area contributed by atoms with Gasteiger partial charge < -0.3 is 20.1 Å². The lowest BCUT2D eigenvalue weighted by Crippen LogP contribution is -2.37. The highest BCUT2D eigenvalue weighted by atomic mass is 127. The number of aliphatic imine (C=N–C) groups is 1. The van der Waals surface area contributed by atoms with E-state index in [4.69, 9.17) is 9.47 Å². The number of nitrogens with one attached hydrogen (secondary N) is 2. The number of nitrogens with zero attached hydrogens (tertiary/aromatic N) is 1. The van der Waals surface area contributed by atoms with Gasteiger partial charge in [-0.2, -0.15) is 0 Å². The van der Waals surface area contributed by atoms with Gasteiger partial charge >= 0.3 is 0 Å². The van der Waals surface area contributed by atoms with Gasteiger partial charge in [0.2, 0.25) is 0 Å². The lowest BCUT2D eigenvalue weighted by Gasteiger charge is -2.15. The molecular weight excluding hydrogens is 412 g/mol. The Morgan fingerprint density at radius 2 is 2.04 bits per heavy atom. The Balaban J connectivity index is 0.00000484. The van der Waals surface area contributed by atoms with Crippen LogP contribution >= 0.6 is 24.0 Å². The molecule has 23 heavy (non-hydrogen) atoms. The molecule has 1 rings (SSSR count). The fraction of sp³-hybridized carbons (Fsp3) is 0.562. The second-order valence-electron chi connectivity index (χ2n) is 4.85. The van der Waals surface area contributed by atoms with Gasteiger partial charge in [-0.25, -0.2) is 0 Å². The van der Waals surface area contributed by atoms with E-state index in [1.807, 2.05) is 25.1 Å². The van der Waals surface area contributed by atoms with Crippen LogP contribution in [0.4, 0.5) is 4.39 Å². The van der Waals surface area contributed by atoms with Crippen molar-refractivity contribution in [3.8, 4) is 5.75 Å². The van der Waals surface area contributed by atoms with E-state index < -0.39 is 0 Å². The van der Waals surface area contributed by atoms with E-state index in [2.05, 4.69) is 15.6 Å². The number of halogens is 2. The third kappa shape index (κ3) is 8.95. The van der Waals surface area contributed by atoms with E-state index in [0.717, 1.165) is 16.9 Å². The van der Waals surface area contributed by atoms with Gasteiger partial charge in [0.25, 0.3) is 0 Å². The van der Waals surface area contributed by atoms with Crippen molar-refractivity contribution >= 4 is 29.9 Å². The molecule has 1 aromatic rings. The highest BCUT2D eigenvalue weighted by molar-refractivity contribution is 14.0. The summed E-state index contributed by atoms with van der Waals surface area (Å²) in [5.74, 6) is 1.49. The first kappa shape index (κ1) is 21.9. The first-order chi connectivity index (χ1) is 10.7. The molecule has 0 aliphatic heterocycles. The second kappa shape index (κ2) is 13.4. The zero-order valence-corrected chi connectivity index (χ0v) is 16.4. The Labute approximate surface area is 155 Å². The summed E-state index contributed by atoms with van der Waals surface area (Å²) in [5, 5.41) is 6.26. The quantitative estimate of drug-likeness (QED) is 0.269. The van der Waals surface area contributed by atoms with Crippen LogP contribution in [-0.2, 0) is 11.3 Å². The molecule has 0 aromatic heterocycles. The molecule has 0 radical (unpaired) electrons. The minimum Gasteiger partial charge on any atom is -0.491 e. The standard InChI is InChI=1S/C16H26FN3O2.HI/c1-13-5-6-14(15(11-13)22-10-9-21-3)12-20-16(18-2)19-8-4-7-17;/h5-6,11H,4,7-10,12H2,1-3H3,(H2,18,19,20);1H. The molecule has 5 nitrogen and oxygen atoms in total. The van der Waals surface area contributed by atoms with Crippen molar-refractivity contribution in [1.29, 1.82) is 0 Å². The molecule has 0 bridgehead atoms. The van der Waals surface area contributed by atoms with Crippen molar-refractivity contribution in [3.63, 3.8) is 0 Å². The number of methoxy groups -OCH3 is 1. The van der Waals surface area contributed by atoms with Gasteiger partial charge in [0.15, 0.2) is 5.96 Å². The van der Waals surface area contributed by atoms with Crippen molar-refractivity contribution in [3.05, 3.63) is 29.3 Å². The van der Waals surface area contributed by atoms with Crippen LogP contribution in [0.25, 0.3) is 0 Å². The average molecular weight is 439 g/mol. The SMILES string of the molecule is CN=C(NCCCF)NCc1ccc(C)cc1OCCOC.I. The lowest BCUT2D eigenvalue weighted by atomic mass is 10.1. The van der Waals surface area contributed by atoms with Crippen LogP contribution in [0, 0.1) is 6.92 Å². The Bertz CT molecular complexity index is 473. The van der Waals surface area contributed by atoms with Crippen LogP contribution in [-0.4, -0.2) is 46.6 Å². The molecule has 0 atom stereocenters. The molecule has 0 amide bonds. The Morgan fingerprint density at radius 1 is 1.26 bits per heavy atom. The molecule has 0 aliphatic rings. The number of ether oxygens (including phenoxy) is 2. The van der Waals surface area contributed by atoms with Gasteiger partial charge in [0.1, 0.15) is 12.4 Å². The van der Waals surface area contributed by atoms with E-state index in [1.165, 1.54) is 0 Å². The van der Waals surface area contributed by atoms with E-state index in [9.17, 15) is 4.39 Å². The Kier molecular flexibility index (Phi) is 12.7. The zero-order chi connectivity index (χ0) is 16.2. The van der Waals surface area contributed by atoms with E-state index in [0.29, 0.717) is 38.7 Å². The Hall–Kier alpha value is -1.09. The van der Waals surface area contributed by atoms with Gasteiger partial charge in [-0.05, 0) is 25.0 Å². The predicted molar refractivity (Wildman–Crippen MR) is 103 cm³/mol. The number of guanidine groups is 1. The summed E-state index contributed by atoms with van der Waals surface area (Å²) in [6, 6.07) is 6.07. The second-order valence-corrected chi connectivity index (χ2v) is 4.85. The third-order valence-corrected chi connectivity index (χ3v) is 3.04. The fourth-order valence-corrected chi connectivity index (χ4v) is 1.85. The summed E-state index contributed by atoms with van der Waals surface area (Å²) in [4.78, 5) is 4.11. The van der Waals surface area contributed by atoms with Crippen LogP contribution < -0.4 is 15.4 Å². The van der Waals surface area contributed by atoms with Crippen LogP contribution in [0.1, 0.15) is 17.5 Å².